The van der Waals surface area contributed by atoms with Crippen LogP contribution in [0.5, 0.6) is 0 Å². The Morgan fingerprint density at radius 3 is 2.51 bits per heavy atom. The number of alkyl halides is 5. The van der Waals surface area contributed by atoms with Gasteiger partial charge < -0.3 is 5.21 Å². The van der Waals surface area contributed by atoms with Gasteiger partial charge in [-0.25, -0.2) is 27.3 Å². The van der Waals surface area contributed by atoms with Gasteiger partial charge in [-0.1, -0.05) is 0 Å². The molecule has 3 fully saturated rings. The third-order valence-electron chi connectivity index (χ3n) is 6.81. The zero-order valence-corrected chi connectivity index (χ0v) is 18.8. The maximum Gasteiger partial charge on any atom is 0.420 e. The highest BCUT2D eigenvalue weighted by Gasteiger charge is 2.67. The number of fused-ring (bicyclic) bond motifs is 1. The molecule has 1 amide bonds. The van der Waals surface area contributed by atoms with Crippen LogP contribution in [0.4, 0.5) is 22.0 Å². The number of hydrogen-bond donors (Lipinski definition) is 2. The second kappa shape index (κ2) is 7.35. The zero-order valence-electron chi connectivity index (χ0n) is 18.0. The molecule has 0 saturated heterocycles. The number of carbonyl (C=O) groups is 1. The molecule has 0 aliphatic heterocycles. The average Bonchev–Trinajstić information content (AvgIpc) is 3.58. The molecule has 2 unspecified atom stereocenters. The van der Waals surface area contributed by atoms with Crippen LogP contribution in [0.2, 0.25) is 0 Å². The predicted molar refractivity (Wildman–Crippen MR) is 107 cm³/mol. The van der Waals surface area contributed by atoms with E-state index in [0.717, 1.165) is 23.0 Å². The molecule has 9 nitrogen and oxygen atoms in total. The fraction of sp³-hybridized carbons (Fsp3) is 0.550. The number of amides is 1. The lowest BCUT2D eigenvalue weighted by Crippen LogP contribution is -2.24. The van der Waals surface area contributed by atoms with E-state index in [1.165, 1.54) is 0 Å². The van der Waals surface area contributed by atoms with E-state index in [4.69, 9.17) is 5.14 Å². The van der Waals surface area contributed by atoms with E-state index < -0.39 is 62.1 Å². The van der Waals surface area contributed by atoms with Gasteiger partial charge in [0.15, 0.2) is 5.03 Å². The molecule has 5 rings (SSSR count). The molecule has 0 bridgehead atoms. The summed E-state index contributed by atoms with van der Waals surface area (Å²) in [6, 6.07) is 1.71. The van der Waals surface area contributed by atoms with Crippen molar-refractivity contribution >= 4 is 15.9 Å². The van der Waals surface area contributed by atoms with Crippen molar-refractivity contribution in [3.05, 3.63) is 40.6 Å². The number of nitrogens with zero attached hydrogens (tertiary/aromatic N) is 4. The van der Waals surface area contributed by atoms with Crippen LogP contribution in [-0.2, 0) is 22.7 Å². The van der Waals surface area contributed by atoms with Gasteiger partial charge in [0, 0.05) is 37.6 Å². The molecule has 15 heteroatoms. The van der Waals surface area contributed by atoms with E-state index in [2.05, 4.69) is 10.1 Å². The summed E-state index contributed by atoms with van der Waals surface area (Å²) in [4.78, 5) is 16.7. The molecule has 2 heterocycles. The molecule has 2 atom stereocenters. The summed E-state index contributed by atoms with van der Waals surface area (Å²) >= 11 is 0. The van der Waals surface area contributed by atoms with E-state index >= 15 is 0 Å². The van der Waals surface area contributed by atoms with Crippen molar-refractivity contribution in [3.8, 4) is 0 Å². The van der Waals surface area contributed by atoms with Crippen LogP contribution in [0.15, 0.2) is 28.3 Å². The molecular weight excluding hydrogens is 501 g/mol. The Morgan fingerprint density at radius 2 is 1.97 bits per heavy atom. The van der Waals surface area contributed by atoms with Crippen molar-refractivity contribution in [3.63, 3.8) is 0 Å². The third kappa shape index (κ3) is 4.35. The van der Waals surface area contributed by atoms with E-state index in [-0.39, 0.29) is 34.7 Å². The van der Waals surface area contributed by atoms with Crippen LogP contribution >= 0.6 is 0 Å². The third-order valence-corrected chi connectivity index (χ3v) is 7.70. The van der Waals surface area contributed by atoms with Gasteiger partial charge in [-0.2, -0.15) is 23.0 Å². The summed E-state index contributed by atoms with van der Waals surface area (Å²) in [7, 11) is -4.45. The van der Waals surface area contributed by atoms with Crippen LogP contribution in [0.1, 0.15) is 59.8 Å². The summed E-state index contributed by atoms with van der Waals surface area (Å²) in [6.07, 6.45) is -3.72. The molecule has 0 aromatic carbocycles. The highest BCUT2D eigenvalue weighted by molar-refractivity contribution is 7.89. The Morgan fingerprint density at radius 1 is 1.29 bits per heavy atom. The molecule has 0 radical (unpaired) electrons. The number of rotatable bonds is 5. The highest BCUT2D eigenvalue weighted by atomic mass is 32.2. The van der Waals surface area contributed by atoms with Crippen LogP contribution in [0.25, 0.3) is 0 Å². The molecule has 0 spiro atoms. The molecule has 3 aliphatic carbocycles. The molecule has 35 heavy (non-hydrogen) atoms. The van der Waals surface area contributed by atoms with Gasteiger partial charge in [0.25, 0.3) is 15.9 Å². The summed E-state index contributed by atoms with van der Waals surface area (Å²) in [5.41, 5.74) is -3.40. The van der Waals surface area contributed by atoms with Crippen molar-refractivity contribution in [1.82, 2.24) is 14.5 Å². The van der Waals surface area contributed by atoms with E-state index in [1.54, 1.807) is 0 Å². The maximum atomic E-state index is 14.1. The van der Waals surface area contributed by atoms with E-state index in [0.29, 0.717) is 19.3 Å². The van der Waals surface area contributed by atoms with Crippen molar-refractivity contribution in [1.29, 1.82) is 0 Å². The molecule has 3 aliphatic rings. The summed E-state index contributed by atoms with van der Waals surface area (Å²) in [6.45, 7) is -0.284. The lowest BCUT2D eigenvalue weighted by Gasteiger charge is -2.17. The topological polar surface area (TPSA) is 133 Å². The zero-order chi connectivity index (χ0) is 25.6. The number of sulfonamides is 1. The Bertz CT molecular complexity index is 1410. The fourth-order valence-electron chi connectivity index (χ4n) is 5.08. The molecule has 190 valence electrons. The van der Waals surface area contributed by atoms with Crippen molar-refractivity contribution in [2.75, 3.05) is 0 Å². The minimum Gasteiger partial charge on any atom is -0.428 e. The van der Waals surface area contributed by atoms with E-state index in [1.807, 2.05) is 0 Å². The lowest BCUT2D eigenvalue weighted by molar-refractivity contribution is -0.138. The summed E-state index contributed by atoms with van der Waals surface area (Å²) < 4.78 is 94.5. The standard InChI is InChI=1S/C20H20F5N5O4S/c21-19(22)7-11-6-18(11,8-19)9-29-16(14(20(23,24)25)15(28-29)10-1-2-10)17(31)27-12-3-4-30(32)13(5-12)35(26,33)34/h3-5,10-11,32H,1-2,6-9H2,(H2,26,33,34). The number of nitrogens with two attached hydrogens (primary N) is 1. The Labute approximate surface area is 195 Å². The summed E-state index contributed by atoms with van der Waals surface area (Å²) in [5, 5.41) is 17.5. The minimum absolute atomic E-state index is 0.155. The van der Waals surface area contributed by atoms with Crippen molar-refractivity contribution in [2.45, 2.75) is 61.7 Å². The monoisotopic (exact) mass is 521 g/mol. The number of hydrogen-bond acceptors (Lipinski definition) is 5. The quantitative estimate of drug-likeness (QED) is 0.461. The Kier molecular flexibility index (Phi) is 5.02. The fourth-order valence-corrected chi connectivity index (χ4v) is 5.69. The number of carbonyl (C=O) groups excluding carboxylic acids is 1. The van der Waals surface area contributed by atoms with Gasteiger partial charge in [-0.15, -0.1) is 0 Å². The van der Waals surface area contributed by atoms with E-state index in [9.17, 15) is 40.4 Å². The summed E-state index contributed by atoms with van der Waals surface area (Å²) in [5.74, 6) is -5.17. The smallest absolute Gasteiger partial charge is 0.420 e. The van der Waals surface area contributed by atoms with Crippen LogP contribution in [0.3, 0.4) is 0 Å². The van der Waals surface area contributed by atoms with Gasteiger partial charge in [0.05, 0.1) is 11.1 Å². The van der Waals surface area contributed by atoms with Crippen LogP contribution in [0, 0.1) is 11.3 Å². The molecule has 2 aromatic rings. The van der Waals surface area contributed by atoms with Crippen molar-refractivity contribution < 1.29 is 40.4 Å². The molecule has 2 aromatic heterocycles. The first-order valence-electron chi connectivity index (χ1n) is 10.7. The first-order chi connectivity index (χ1) is 16.1. The van der Waals surface area contributed by atoms with Gasteiger partial charge >= 0.3 is 6.18 Å². The maximum absolute atomic E-state index is 14.1. The average molecular weight is 521 g/mol. The second-order valence-electron chi connectivity index (χ2n) is 9.57. The number of pyridine rings is 1. The molecule has 3 saturated carbocycles. The van der Waals surface area contributed by atoms with Gasteiger partial charge in [-0.05, 0) is 36.7 Å². The first-order valence-corrected chi connectivity index (χ1v) is 12.2. The minimum atomic E-state index is -4.96. The molecular formula is C20H20F5N5O4S. The predicted octanol–water partition coefficient (Wildman–Crippen LogP) is 2.64. The van der Waals surface area contributed by atoms with Gasteiger partial charge in [-0.3, -0.25) is 9.48 Å². The second-order valence-corrected chi connectivity index (χ2v) is 11.1. The highest BCUT2D eigenvalue weighted by Crippen LogP contribution is 2.68. The molecule has 3 N–H and O–H groups in total. The lowest BCUT2D eigenvalue weighted by atomic mass is 10.0. The largest absolute Gasteiger partial charge is 0.428 e. The number of halogens is 5. The van der Waals surface area contributed by atoms with Gasteiger partial charge in [0.1, 0.15) is 11.3 Å². The van der Waals surface area contributed by atoms with Crippen LogP contribution < -0.4 is 10.5 Å². The van der Waals surface area contributed by atoms with Crippen molar-refractivity contribution in [2.24, 2.45) is 21.5 Å². The van der Waals surface area contributed by atoms with Gasteiger partial charge in [0.2, 0.25) is 5.92 Å². The Hall–Kier alpha value is -2.81. The number of primary sulfonamides is 1. The Balaban J connectivity index is 1.62. The first kappa shape index (κ1) is 23.9. The SMILES string of the molecule is NS(=O)(=O)c1cc(=NC(=O)c2c(C(F)(F)F)c(C3CC3)nn2CC23CC2CC(F)(F)C3)ccn1O. The number of aromatic nitrogens is 3. The van der Waals surface area contributed by atoms with Crippen LogP contribution in [-0.4, -0.2) is 40.0 Å². The normalized spacial score (nSPS) is 26.1.